The third-order valence-electron chi connectivity index (χ3n) is 2.37. The summed E-state index contributed by atoms with van der Waals surface area (Å²) in [7, 11) is 1.58. The zero-order valence-electron chi connectivity index (χ0n) is 9.67. The van der Waals surface area contributed by atoms with Crippen LogP contribution in [0.2, 0.25) is 0 Å². The summed E-state index contributed by atoms with van der Waals surface area (Å²) in [5, 5.41) is 3.78. The Morgan fingerprint density at radius 3 is 2.82 bits per heavy atom. The van der Waals surface area contributed by atoms with Gasteiger partial charge in [-0.2, -0.15) is 4.98 Å². The van der Waals surface area contributed by atoms with Crippen LogP contribution in [0.15, 0.2) is 34.9 Å². The van der Waals surface area contributed by atoms with Gasteiger partial charge in [0.2, 0.25) is 5.89 Å². The molecule has 1 atom stereocenters. The lowest BCUT2D eigenvalue weighted by molar-refractivity contribution is 0.174. The molecule has 0 bridgehead atoms. The van der Waals surface area contributed by atoms with Crippen molar-refractivity contribution in [2.75, 3.05) is 7.11 Å². The van der Waals surface area contributed by atoms with Gasteiger partial charge in [-0.3, -0.25) is 0 Å². The van der Waals surface area contributed by atoms with E-state index < -0.39 is 0 Å². The Bertz CT molecular complexity index is 456. The molecule has 0 aliphatic rings. The molecule has 90 valence electrons. The van der Waals surface area contributed by atoms with Crippen molar-refractivity contribution in [3.05, 3.63) is 47.6 Å². The largest absolute Gasteiger partial charge is 0.377 e. The number of hydrogen-bond acceptors (Lipinski definition) is 5. The van der Waals surface area contributed by atoms with Crippen molar-refractivity contribution < 1.29 is 9.26 Å². The highest BCUT2D eigenvalue weighted by atomic mass is 16.5. The van der Waals surface area contributed by atoms with Crippen LogP contribution < -0.4 is 5.73 Å². The van der Waals surface area contributed by atoms with Crippen LogP contribution in [-0.4, -0.2) is 17.3 Å². The number of benzene rings is 1. The second-order valence-corrected chi connectivity index (χ2v) is 3.78. The molecule has 1 unspecified atom stereocenters. The highest BCUT2D eigenvalue weighted by Crippen LogP contribution is 2.14. The Morgan fingerprint density at radius 1 is 1.35 bits per heavy atom. The second-order valence-electron chi connectivity index (χ2n) is 3.78. The van der Waals surface area contributed by atoms with Gasteiger partial charge in [-0.1, -0.05) is 35.5 Å². The number of hydrogen-bond donors (Lipinski definition) is 1. The summed E-state index contributed by atoms with van der Waals surface area (Å²) in [6, 6.07) is 9.69. The van der Waals surface area contributed by atoms with Gasteiger partial charge in [-0.25, -0.2) is 0 Å². The molecule has 5 nitrogen and oxygen atoms in total. The summed E-state index contributed by atoms with van der Waals surface area (Å²) < 4.78 is 10.00. The zero-order valence-corrected chi connectivity index (χ0v) is 9.67. The summed E-state index contributed by atoms with van der Waals surface area (Å²) >= 11 is 0. The molecule has 2 rings (SSSR count). The van der Waals surface area contributed by atoms with E-state index in [1.807, 2.05) is 30.3 Å². The van der Waals surface area contributed by atoms with Crippen molar-refractivity contribution in [2.45, 2.75) is 19.1 Å². The predicted octanol–water partition coefficient (Wildman–Crippen LogP) is 1.46. The molecule has 0 fully saturated rings. The fourth-order valence-corrected chi connectivity index (χ4v) is 1.56. The number of rotatable bonds is 5. The molecule has 0 saturated heterocycles. The first-order valence-corrected chi connectivity index (χ1v) is 5.40. The van der Waals surface area contributed by atoms with Gasteiger partial charge in [-0.05, 0) is 12.0 Å². The Balaban J connectivity index is 2.01. The maximum atomic E-state index is 6.00. The Morgan fingerprint density at radius 2 is 2.12 bits per heavy atom. The number of aromatic nitrogens is 2. The van der Waals surface area contributed by atoms with Crippen molar-refractivity contribution in [1.82, 2.24) is 10.1 Å². The number of nitrogens with two attached hydrogens (primary N) is 1. The summed E-state index contributed by atoms with van der Waals surface area (Å²) in [5.41, 5.74) is 7.14. The normalized spacial score (nSPS) is 12.6. The summed E-state index contributed by atoms with van der Waals surface area (Å²) in [5.74, 6) is 0.965. The lowest BCUT2D eigenvalue weighted by atomic mass is 10.1. The van der Waals surface area contributed by atoms with Crippen LogP contribution in [0.25, 0.3) is 0 Å². The molecule has 0 amide bonds. The van der Waals surface area contributed by atoms with Gasteiger partial charge in [0.15, 0.2) is 5.82 Å². The maximum Gasteiger partial charge on any atom is 0.243 e. The monoisotopic (exact) mass is 233 g/mol. The van der Waals surface area contributed by atoms with Crippen molar-refractivity contribution in [3.63, 3.8) is 0 Å². The minimum absolute atomic E-state index is 0.282. The molecule has 0 aliphatic carbocycles. The van der Waals surface area contributed by atoms with Gasteiger partial charge in [0.05, 0.1) is 6.04 Å². The summed E-state index contributed by atoms with van der Waals surface area (Å²) in [6.45, 7) is 0.335. The van der Waals surface area contributed by atoms with Crippen LogP contribution in [0.1, 0.15) is 23.3 Å². The van der Waals surface area contributed by atoms with Crippen LogP contribution in [0.5, 0.6) is 0 Å². The smallest absolute Gasteiger partial charge is 0.243 e. The number of methoxy groups -OCH3 is 1. The van der Waals surface area contributed by atoms with Crippen molar-refractivity contribution >= 4 is 0 Å². The van der Waals surface area contributed by atoms with Crippen molar-refractivity contribution in [2.24, 2.45) is 5.73 Å². The van der Waals surface area contributed by atoms with Crippen LogP contribution >= 0.6 is 0 Å². The molecule has 0 aliphatic heterocycles. The lowest BCUT2D eigenvalue weighted by Crippen LogP contribution is -2.13. The van der Waals surface area contributed by atoms with E-state index in [4.69, 9.17) is 15.0 Å². The van der Waals surface area contributed by atoms with Crippen LogP contribution in [-0.2, 0) is 17.8 Å². The summed E-state index contributed by atoms with van der Waals surface area (Å²) in [4.78, 5) is 4.17. The fourth-order valence-electron chi connectivity index (χ4n) is 1.56. The van der Waals surface area contributed by atoms with Gasteiger partial charge >= 0.3 is 0 Å². The molecular weight excluding hydrogens is 218 g/mol. The minimum atomic E-state index is -0.282. The second kappa shape index (κ2) is 5.56. The van der Waals surface area contributed by atoms with Gasteiger partial charge < -0.3 is 15.0 Å². The predicted molar refractivity (Wildman–Crippen MR) is 62.1 cm³/mol. The maximum absolute atomic E-state index is 6.00. The molecule has 2 aromatic rings. The first kappa shape index (κ1) is 11.8. The molecule has 1 heterocycles. The quantitative estimate of drug-likeness (QED) is 0.846. The van der Waals surface area contributed by atoms with Crippen LogP contribution in [0.4, 0.5) is 0 Å². The number of nitrogens with zero attached hydrogens (tertiary/aromatic N) is 2. The fraction of sp³-hybridized carbons (Fsp3) is 0.333. The Hall–Kier alpha value is -1.72. The van der Waals surface area contributed by atoms with E-state index in [1.54, 1.807) is 7.11 Å². The van der Waals surface area contributed by atoms with Gasteiger partial charge in [0, 0.05) is 7.11 Å². The van der Waals surface area contributed by atoms with Crippen molar-refractivity contribution in [3.8, 4) is 0 Å². The molecule has 0 saturated carbocycles. The lowest BCUT2D eigenvalue weighted by Gasteiger charge is -2.05. The van der Waals surface area contributed by atoms with Crippen molar-refractivity contribution in [1.29, 1.82) is 0 Å². The average molecular weight is 233 g/mol. The topological polar surface area (TPSA) is 74.2 Å². The van der Waals surface area contributed by atoms with Crippen LogP contribution in [0, 0.1) is 0 Å². The molecule has 1 aromatic carbocycles. The molecule has 0 radical (unpaired) electrons. The highest BCUT2D eigenvalue weighted by molar-refractivity contribution is 5.16. The SMILES string of the molecule is COCc1noc(C(N)Cc2ccccc2)n1. The van der Waals surface area contributed by atoms with E-state index in [-0.39, 0.29) is 6.04 Å². The molecule has 1 aromatic heterocycles. The first-order chi connectivity index (χ1) is 8.29. The third kappa shape index (κ3) is 3.12. The minimum Gasteiger partial charge on any atom is -0.377 e. The average Bonchev–Trinajstić information content (AvgIpc) is 2.79. The van der Waals surface area contributed by atoms with Gasteiger partial charge in [0.25, 0.3) is 0 Å². The van der Waals surface area contributed by atoms with Gasteiger partial charge in [0.1, 0.15) is 6.61 Å². The molecular formula is C12H15N3O2. The number of ether oxygens (including phenoxy) is 1. The highest BCUT2D eigenvalue weighted by Gasteiger charge is 2.15. The molecule has 2 N–H and O–H groups in total. The molecule has 17 heavy (non-hydrogen) atoms. The van der Waals surface area contributed by atoms with E-state index in [0.717, 1.165) is 5.56 Å². The van der Waals surface area contributed by atoms with Gasteiger partial charge in [-0.15, -0.1) is 0 Å². The van der Waals surface area contributed by atoms with Crippen LogP contribution in [0.3, 0.4) is 0 Å². The molecule has 0 spiro atoms. The first-order valence-electron chi connectivity index (χ1n) is 5.40. The molecule has 5 heteroatoms. The summed E-state index contributed by atoms with van der Waals surface area (Å²) in [6.07, 6.45) is 0.676. The van der Waals surface area contributed by atoms with E-state index in [0.29, 0.717) is 24.7 Å². The van der Waals surface area contributed by atoms with E-state index in [2.05, 4.69) is 10.1 Å². The third-order valence-corrected chi connectivity index (χ3v) is 2.37. The Kier molecular flexibility index (Phi) is 3.85. The van der Waals surface area contributed by atoms with E-state index in [9.17, 15) is 0 Å². The standard InChI is InChI=1S/C12H15N3O2/c1-16-8-11-14-12(17-15-11)10(13)7-9-5-3-2-4-6-9/h2-6,10H,7-8,13H2,1H3. The van der Waals surface area contributed by atoms with E-state index in [1.165, 1.54) is 0 Å². The van der Waals surface area contributed by atoms with E-state index >= 15 is 0 Å². The Labute approximate surface area is 99.6 Å². The zero-order chi connectivity index (χ0) is 12.1.